The van der Waals surface area contributed by atoms with E-state index in [0.717, 1.165) is 40.0 Å². The molecule has 4 heteroatoms. The van der Waals surface area contributed by atoms with Gasteiger partial charge in [-0.3, -0.25) is 0 Å². The van der Waals surface area contributed by atoms with Crippen LogP contribution in [0.5, 0.6) is 0 Å². The Balaban J connectivity index is 2.56. The zero-order chi connectivity index (χ0) is 18.4. The van der Waals surface area contributed by atoms with Crippen molar-refractivity contribution in [2.24, 2.45) is 0 Å². The molecule has 0 aliphatic rings. The Labute approximate surface area is 159 Å². The molecule has 0 atom stereocenters. The molecule has 0 fully saturated rings. The highest BCUT2D eigenvalue weighted by Crippen LogP contribution is 2.29. The fourth-order valence-corrected chi connectivity index (χ4v) is 3.22. The summed E-state index contributed by atoms with van der Waals surface area (Å²) in [6.45, 7) is 11.1. The molecule has 0 spiro atoms. The maximum Gasteiger partial charge on any atom is 0.128 e. The van der Waals surface area contributed by atoms with Crippen molar-refractivity contribution >= 4 is 27.4 Å². The Hall–Kier alpha value is -1.81. The molecular weight excluding hydrogens is 376 g/mol. The zero-order valence-corrected chi connectivity index (χ0v) is 17.4. The minimum atomic E-state index is 0.626. The van der Waals surface area contributed by atoms with E-state index in [-0.39, 0.29) is 0 Å². The molecule has 0 N–H and O–H groups in total. The van der Waals surface area contributed by atoms with Crippen molar-refractivity contribution in [2.75, 3.05) is 6.61 Å². The van der Waals surface area contributed by atoms with Crippen LogP contribution in [-0.4, -0.2) is 16.2 Å². The second kappa shape index (κ2) is 9.04. The lowest BCUT2D eigenvalue weighted by atomic mass is 10.0. The van der Waals surface area contributed by atoms with E-state index in [0.29, 0.717) is 6.61 Å². The van der Waals surface area contributed by atoms with Crippen LogP contribution < -0.4 is 0 Å². The molecular formula is C21H27BrN2O. The van der Waals surface area contributed by atoms with Crippen molar-refractivity contribution < 1.29 is 4.74 Å². The number of unbranched alkanes of at least 4 members (excludes halogenated alkanes) is 1. The lowest BCUT2D eigenvalue weighted by molar-refractivity contribution is 0.298. The van der Waals surface area contributed by atoms with Gasteiger partial charge in [0, 0.05) is 28.0 Å². The Morgan fingerprint density at radius 2 is 2.00 bits per heavy atom. The summed E-state index contributed by atoms with van der Waals surface area (Å²) in [7, 11) is 0. The minimum absolute atomic E-state index is 0.626. The fourth-order valence-electron chi connectivity index (χ4n) is 2.65. The topological polar surface area (TPSA) is 27.1 Å². The first-order valence-electron chi connectivity index (χ1n) is 8.79. The van der Waals surface area contributed by atoms with E-state index in [1.54, 1.807) is 0 Å². The molecule has 25 heavy (non-hydrogen) atoms. The third kappa shape index (κ3) is 5.08. The molecule has 0 aliphatic heterocycles. The number of ether oxygens (including phenoxy) is 1. The molecule has 0 radical (unpaired) electrons. The van der Waals surface area contributed by atoms with E-state index in [9.17, 15) is 0 Å². The average Bonchev–Trinajstić information content (AvgIpc) is 3.00. The molecule has 0 saturated heterocycles. The molecule has 0 amide bonds. The van der Waals surface area contributed by atoms with Crippen molar-refractivity contribution in [2.45, 2.75) is 47.5 Å². The predicted molar refractivity (Wildman–Crippen MR) is 109 cm³/mol. The number of hydrogen-bond acceptors (Lipinski definition) is 2. The monoisotopic (exact) mass is 402 g/mol. The molecule has 0 aliphatic carbocycles. The van der Waals surface area contributed by atoms with Crippen molar-refractivity contribution in [1.82, 2.24) is 9.55 Å². The maximum atomic E-state index is 6.02. The van der Waals surface area contributed by atoms with E-state index in [1.165, 1.54) is 11.1 Å². The van der Waals surface area contributed by atoms with Gasteiger partial charge in [0.15, 0.2) is 0 Å². The maximum absolute atomic E-state index is 6.02. The highest BCUT2D eigenvalue weighted by Gasteiger charge is 2.11. The van der Waals surface area contributed by atoms with Gasteiger partial charge < -0.3 is 9.30 Å². The van der Waals surface area contributed by atoms with Crippen LogP contribution in [0.2, 0.25) is 0 Å². The minimum Gasteiger partial charge on any atom is -0.493 e. The van der Waals surface area contributed by atoms with Crippen molar-refractivity contribution in [3.8, 4) is 0 Å². The van der Waals surface area contributed by atoms with E-state index in [4.69, 9.17) is 4.74 Å². The van der Waals surface area contributed by atoms with Gasteiger partial charge in [0.2, 0.25) is 0 Å². The SMILES string of the molecule is CCC/C=C(/C=C(/OCC)c1cc(Br)cc(C)c1C)n1cnc(C)c1. The number of imidazole rings is 1. The molecule has 134 valence electrons. The van der Waals surface area contributed by atoms with Crippen LogP contribution in [0.3, 0.4) is 0 Å². The number of rotatable bonds is 7. The van der Waals surface area contributed by atoms with E-state index in [1.807, 2.05) is 26.4 Å². The molecule has 3 nitrogen and oxygen atoms in total. The first kappa shape index (κ1) is 19.5. The highest BCUT2D eigenvalue weighted by molar-refractivity contribution is 9.10. The number of aromatic nitrogens is 2. The van der Waals surface area contributed by atoms with Crippen LogP contribution in [0.4, 0.5) is 0 Å². The van der Waals surface area contributed by atoms with Gasteiger partial charge >= 0.3 is 0 Å². The first-order valence-corrected chi connectivity index (χ1v) is 9.58. The summed E-state index contributed by atoms with van der Waals surface area (Å²) in [5.41, 5.74) is 5.69. The quantitative estimate of drug-likeness (QED) is 0.401. The summed E-state index contributed by atoms with van der Waals surface area (Å²) < 4.78 is 9.15. The Bertz CT molecular complexity index is 787. The van der Waals surface area contributed by atoms with Gasteiger partial charge in [-0.15, -0.1) is 0 Å². The molecule has 0 unspecified atom stereocenters. The molecule has 2 aromatic rings. The number of benzene rings is 1. The number of nitrogens with zero attached hydrogens (tertiary/aromatic N) is 2. The van der Waals surface area contributed by atoms with Crippen LogP contribution in [0.25, 0.3) is 11.5 Å². The first-order chi connectivity index (χ1) is 12.0. The summed E-state index contributed by atoms with van der Waals surface area (Å²) in [6.07, 6.45) is 10.4. The summed E-state index contributed by atoms with van der Waals surface area (Å²) >= 11 is 3.61. The standard InChI is InChI=1S/C21H27BrN2O/c1-6-8-9-19(24-13-16(4)23-14-24)12-21(25-7-2)20-11-18(22)10-15(3)17(20)5/h9-14H,6-8H2,1-5H3/b19-9-,21-12+. The molecule has 0 saturated carbocycles. The van der Waals surface area contributed by atoms with Crippen LogP contribution in [0, 0.1) is 20.8 Å². The second-order valence-electron chi connectivity index (χ2n) is 6.18. The van der Waals surface area contributed by atoms with Crippen molar-refractivity contribution in [1.29, 1.82) is 0 Å². The lowest BCUT2D eigenvalue weighted by Crippen LogP contribution is -2.00. The van der Waals surface area contributed by atoms with Gasteiger partial charge in [-0.25, -0.2) is 4.98 Å². The van der Waals surface area contributed by atoms with Gasteiger partial charge in [-0.05, 0) is 57.4 Å². The molecule has 1 aromatic carbocycles. The van der Waals surface area contributed by atoms with Crippen LogP contribution in [-0.2, 0) is 4.74 Å². The van der Waals surface area contributed by atoms with Gasteiger partial charge in [0.05, 0.1) is 18.6 Å². The third-order valence-electron chi connectivity index (χ3n) is 4.13. The second-order valence-corrected chi connectivity index (χ2v) is 7.09. The lowest BCUT2D eigenvalue weighted by Gasteiger charge is -2.15. The normalized spacial score (nSPS) is 12.6. The molecule has 2 rings (SSSR count). The van der Waals surface area contributed by atoms with Gasteiger partial charge in [0.1, 0.15) is 5.76 Å². The molecule has 0 bridgehead atoms. The van der Waals surface area contributed by atoms with E-state index < -0.39 is 0 Å². The number of hydrogen-bond donors (Lipinski definition) is 0. The molecule has 1 aromatic heterocycles. The van der Waals surface area contributed by atoms with Crippen LogP contribution in [0.1, 0.15) is 49.1 Å². The van der Waals surface area contributed by atoms with E-state index in [2.05, 4.69) is 70.5 Å². The third-order valence-corrected chi connectivity index (χ3v) is 4.59. The zero-order valence-electron chi connectivity index (χ0n) is 15.8. The van der Waals surface area contributed by atoms with Crippen LogP contribution in [0.15, 0.2) is 41.3 Å². The van der Waals surface area contributed by atoms with Gasteiger partial charge in [-0.1, -0.05) is 35.4 Å². The highest BCUT2D eigenvalue weighted by atomic mass is 79.9. The Morgan fingerprint density at radius 1 is 1.24 bits per heavy atom. The van der Waals surface area contributed by atoms with Crippen LogP contribution >= 0.6 is 15.9 Å². The number of aryl methyl sites for hydroxylation is 2. The average molecular weight is 403 g/mol. The van der Waals surface area contributed by atoms with Crippen molar-refractivity contribution in [3.05, 3.63) is 63.7 Å². The van der Waals surface area contributed by atoms with Crippen molar-refractivity contribution in [3.63, 3.8) is 0 Å². The number of halogens is 1. The smallest absolute Gasteiger partial charge is 0.128 e. The van der Waals surface area contributed by atoms with Gasteiger partial charge in [0.25, 0.3) is 0 Å². The van der Waals surface area contributed by atoms with Gasteiger partial charge in [-0.2, -0.15) is 0 Å². The summed E-state index contributed by atoms with van der Waals surface area (Å²) in [5, 5.41) is 0. The summed E-state index contributed by atoms with van der Waals surface area (Å²) in [5.74, 6) is 0.887. The summed E-state index contributed by atoms with van der Waals surface area (Å²) in [4.78, 5) is 4.36. The predicted octanol–water partition coefficient (Wildman–Crippen LogP) is 6.29. The fraction of sp³-hybridized carbons (Fsp3) is 0.381. The molecule has 1 heterocycles. The Kier molecular flexibility index (Phi) is 7.06. The Morgan fingerprint density at radius 3 is 2.60 bits per heavy atom. The largest absolute Gasteiger partial charge is 0.493 e. The summed E-state index contributed by atoms with van der Waals surface area (Å²) in [6, 6.07) is 4.26. The number of allylic oxidation sites excluding steroid dienone is 3. The van der Waals surface area contributed by atoms with E-state index >= 15 is 0 Å².